The van der Waals surface area contributed by atoms with Crippen molar-refractivity contribution in [1.82, 2.24) is 4.90 Å². The van der Waals surface area contributed by atoms with E-state index < -0.39 is 0 Å². The largest absolute Gasteiger partial charge is 0.497 e. The molecule has 0 spiro atoms. The van der Waals surface area contributed by atoms with Gasteiger partial charge in [0.2, 0.25) is 0 Å². The summed E-state index contributed by atoms with van der Waals surface area (Å²) in [7, 11) is 1.64. The van der Waals surface area contributed by atoms with E-state index in [1.165, 1.54) is 0 Å². The van der Waals surface area contributed by atoms with E-state index in [9.17, 15) is 4.79 Å². The van der Waals surface area contributed by atoms with Crippen molar-refractivity contribution in [2.45, 2.75) is 32.7 Å². The average Bonchev–Trinajstić information content (AvgIpc) is 2.78. The van der Waals surface area contributed by atoms with Crippen LogP contribution in [0.5, 0.6) is 5.75 Å². The third kappa shape index (κ3) is 2.58. The van der Waals surface area contributed by atoms with Gasteiger partial charge < -0.3 is 15.0 Å². The Kier molecular flexibility index (Phi) is 3.75. The van der Waals surface area contributed by atoms with Crippen LogP contribution in [-0.2, 0) is 0 Å². The second-order valence-electron chi connectivity index (χ2n) is 4.80. The van der Waals surface area contributed by atoms with Crippen LogP contribution in [0.1, 0.15) is 25.3 Å². The van der Waals surface area contributed by atoms with Gasteiger partial charge in [-0.1, -0.05) is 0 Å². The van der Waals surface area contributed by atoms with Crippen LogP contribution in [0.15, 0.2) is 18.2 Å². The molecular weight excluding hydrogens is 228 g/mol. The van der Waals surface area contributed by atoms with Crippen LogP contribution in [0, 0.1) is 6.92 Å². The fourth-order valence-corrected chi connectivity index (χ4v) is 2.33. The molecule has 0 aliphatic carbocycles. The zero-order valence-corrected chi connectivity index (χ0v) is 11.2. The maximum Gasteiger partial charge on any atom is 0.322 e. The van der Waals surface area contributed by atoms with Crippen molar-refractivity contribution in [3.05, 3.63) is 23.8 Å². The number of likely N-dealkylation sites (tertiary alicyclic amines) is 1. The van der Waals surface area contributed by atoms with Crippen LogP contribution in [0.4, 0.5) is 10.5 Å². The molecule has 18 heavy (non-hydrogen) atoms. The molecule has 0 saturated carbocycles. The fraction of sp³-hybridized carbons (Fsp3) is 0.500. The first-order chi connectivity index (χ1) is 8.61. The highest BCUT2D eigenvalue weighted by atomic mass is 16.5. The maximum atomic E-state index is 12.1. The summed E-state index contributed by atoms with van der Waals surface area (Å²) in [5.41, 5.74) is 1.86. The number of urea groups is 1. The molecule has 98 valence electrons. The highest BCUT2D eigenvalue weighted by Crippen LogP contribution is 2.23. The zero-order chi connectivity index (χ0) is 13.1. The number of nitrogens with one attached hydrogen (secondary N) is 1. The van der Waals surface area contributed by atoms with Gasteiger partial charge in [0.15, 0.2) is 0 Å². The molecule has 1 N–H and O–H groups in total. The number of anilines is 1. The number of rotatable bonds is 2. The van der Waals surface area contributed by atoms with Crippen LogP contribution in [0.3, 0.4) is 0 Å². The van der Waals surface area contributed by atoms with Gasteiger partial charge in [0.1, 0.15) is 5.75 Å². The van der Waals surface area contributed by atoms with Crippen LogP contribution in [0.2, 0.25) is 0 Å². The summed E-state index contributed by atoms with van der Waals surface area (Å²) in [6, 6.07) is 5.99. The van der Waals surface area contributed by atoms with Gasteiger partial charge in [0.25, 0.3) is 0 Å². The van der Waals surface area contributed by atoms with Gasteiger partial charge in [-0.3, -0.25) is 0 Å². The Morgan fingerprint density at radius 3 is 2.83 bits per heavy atom. The molecule has 1 saturated heterocycles. The maximum absolute atomic E-state index is 12.1. The molecule has 1 atom stereocenters. The van der Waals surface area contributed by atoms with Crippen molar-refractivity contribution in [1.29, 1.82) is 0 Å². The van der Waals surface area contributed by atoms with Crippen molar-refractivity contribution < 1.29 is 9.53 Å². The molecule has 4 heteroatoms. The van der Waals surface area contributed by atoms with E-state index in [4.69, 9.17) is 4.74 Å². The Morgan fingerprint density at radius 2 is 2.28 bits per heavy atom. The predicted molar refractivity (Wildman–Crippen MR) is 72.2 cm³/mol. The minimum absolute atomic E-state index is 0.00623. The van der Waals surface area contributed by atoms with E-state index in [0.29, 0.717) is 6.04 Å². The predicted octanol–water partition coefficient (Wildman–Crippen LogP) is 3.02. The van der Waals surface area contributed by atoms with Gasteiger partial charge in [-0.25, -0.2) is 4.79 Å². The summed E-state index contributed by atoms with van der Waals surface area (Å²) in [5.74, 6) is 0.806. The third-order valence-corrected chi connectivity index (χ3v) is 3.49. The Bertz CT molecular complexity index is 445. The fourth-order valence-electron chi connectivity index (χ4n) is 2.33. The van der Waals surface area contributed by atoms with Gasteiger partial charge in [-0.05, 0) is 50.5 Å². The smallest absolute Gasteiger partial charge is 0.322 e. The van der Waals surface area contributed by atoms with E-state index >= 15 is 0 Å². The second-order valence-corrected chi connectivity index (χ2v) is 4.80. The summed E-state index contributed by atoms with van der Waals surface area (Å²) in [5, 5.41) is 2.97. The monoisotopic (exact) mass is 248 g/mol. The molecule has 0 bridgehead atoms. The lowest BCUT2D eigenvalue weighted by atomic mass is 10.2. The molecule has 1 heterocycles. The number of aryl methyl sites for hydroxylation is 1. The molecular formula is C14H20N2O2. The van der Waals surface area contributed by atoms with Crippen LogP contribution < -0.4 is 10.1 Å². The molecule has 1 aliphatic heterocycles. The number of carbonyl (C=O) groups is 1. The van der Waals surface area contributed by atoms with Crippen LogP contribution >= 0.6 is 0 Å². The van der Waals surface area contributed by atoms with Gasteiger partial charge in [0.05, 0.1) is 7.11 Å². The van der Waals surface area contributed by atoms with E-state index in [2.05, 4.69) is 12.2 Å². The lowest BCUT2D eigenvalue weighted by Gasteiger charge is -2.22. The van der Waals surface area contributed by atoms with E-state index in [1.54, 1.807) is 7.11 Å². The number of methoxy groups -OCH3 is 1. The van der Waals surface area contributed by atoms with Crippen molar-refractivity contribution in [3.8, 4) is 5.75 Å². The Morgan fingerprint density at radius 1 is 1.50 bits per heavy atom. The number of amides is 2. The SMILES string of the molecule is COc1ccc(NC(=O)N2CCC[C@H]2C)c(C)c1. The molecule has 1 aliphatic rings. The minimum atomic E-state index is -0.00623. The van der Waals surface area contributed by atoms with E-state index in [1.807, 2.05) is 30.0 Å². The molecule has 1 aromatic rings. The van der Waals surface area contributed by atoms with Crippen LogP contribution in [0.25, 0.3) is 0 Å². The van der Waals surface area contributed by atoms with Gasteiger partial charge in [-0.15, -0.1) is 0 Å². The van der Waals surface area contributed by atoms with Crippen molar-refractivity contribution in [2.75, 3.05) is 19.0 Å². The minimum Gasteiger partial charge on any atom is -0.497 e. The molecule has 1 aromatic carbocycles. The van der Waals surface area contributed by atoms with Gasteiger partial charge in [-0.2, -0.15) is 0 Å². The molecule has 0 aromatic heterocycles. The van der Waals surface area contributed by atoms with Crippen molar-refractivity contribution in [2.24, 2.45) is 0 Å². The number of ether oxygens (including phenoxy) is 1. The summed E-state index contributed by atoms with van der Waals surface area (Å²) >= 11 is 0. The molecule has 2 rings (SSSR count). The Hall–Kier alpha value is -1.71. The van der Waals surface area contributed by atoms with Crippen molar-refractivity contribution >= 4 is 11.7 Å². The number of carbonyl (C=O) groups excluding carboxylic acids is 1. The summed E-state index contributed by atoms with van der Waals surface area (Å²) in [4.78, 5) is 14.0. The normalized spacial score (nSPS) is 18.8. The molecule has 4 nitrogen and oxygen atoms in total. The Labute approximate surface area is 108 Å². The second kappa shape index (κ2) is 5.29. The number of hydrogen-bond donors (Lipinski definition) is 1. The standard InChI is InChI=1S/C14H20N2O2/c1-10-9-12(18-3)6-7-13(10)15-14(17)16-8-4-5-11(16)2/h6-7,9,11H,4-5,8H2,1-3H3,(H,15,17)/t11-/m1/s1. The first-order valence-corrected chi connectivity index (χ1v) is 6.34. The first kappa shape index (κ1) is 12.7. The number of hydrogen-bond acceptors (Lipinski definition) is 2. The lowest BCUT2D eigenvalue weighted by molar-refractivity contribution is 0.210. The molecule has 0 unspecified atom stereocenters. The quantitative estimate of drug-likeness (QED) is 0.874. The molecule has 1 fully saturated rings. The van der Waals surface area contributed by atoms with Gasteiger partial charge in [0, 0.05) is 18.3 Å². The summed E-state index contributed by atoms with van der Waals surface area (Å²) in [6.45, 7) is 4.90. The van der Waals surface area contributed by atoms with Gasteiger partial charge >= 0.3 is 6.03 Å². The highest BCUT2D eigenvalue weighted by molar-refractivity contribution is 5.90. The number of benzene rings is 1. The molecule has 2 amide bonds. The Balaban J connectivity index is 2.07. The van der Waals surface area contributed by atoms with E-state index in [-0.39, 0.29) is 6.03 Å². The average molecular weight is 248 g/mol. The lowest BCUT2D eigenvalue weighted by Crippen LogP contribution is -2.37. The van der Waals surface area contributed by atoms with Crippen molar-refractivity contribution in [3.63, 3.8) is 0 Å². The number of nitrogens with zero attached hydrogens (tertiary/aromatic N) is 1. The summed E-state index contributed by atoms with van der Waals surface area (Å²) in [6.07, 6.45) is 2.19. The zero-order valence-electron chi connectivity index (χ0n) is 11.2. The molecule has 0 radical (unpaired) electrons. The topological polar surface area (TPSA) is 41.6 Å². The summed E-state index contributed by atoms with van der Waals surface area (Å²) < 4.78 is 5.15. The first-order valence-electron chi connectivity index (χ1n) is 6.34. The van der Waals surface area contributed by atoms with Crippen LogP contribution in [-0.4, -0.2) is 30.6 Å². The highest BCUT2D eigenvalue weighted by Gasteiger charge is 2.25. The van der Waals surface area contributed by atoms with E-state index in [0.717, 1.165) is 36.4 Å². The third-order valence-electron chi connectivity index (χ3n) is 3.49.